The number of amides is 1. The Bertz CT molecular complexity index is 1490. The minimum absolute atomic E-state index is 0.209. The molecule has 0 atom stereocenters. The van der Waals surface area contributed by atoms with Gasteiger partial charge in [0.25, 0.3) is 0 Å². The van der Waals surface area contributed by atoms with Crippen LogP contribution >= 0.6 is 0 Å². The minimum Gasteiger partial charge on any atom is 0.0467 e. The molecule has 1 aromatic carbocycles. The fourth-order valence-corrected chi connectivity index (χ4v) is 4.14. The van der Waals surface area contributed by atoms with Gasteiger partial charge >= 0.3 is 125 Å². The predicted molar refractivity (Wildman–Crippen MR) is 139 cm³/mol. The van der Waals surface area contributed by atoms with Crippen molar-refractivity contribution in [2.45, 2.75) is 19.6 Å². The summed E-state index contributed by atoms with van der Waals surface area (Å²) in [5.74, 6) is 1.34. The minimum atomic E-state index is -0.411. The van der Waals surface area contributed by atoms with Crippen LogP contribution in [-0.2, 0) is 24.3 Å². The summed E-state index contributed by atoms with van der Waals surface area (Å²) in [4.78, 5) is 32.2. The molecule has 4 aromatic rings. The summed E-state index contributed by atoms with van der Waals surface area (Å²) in [5.41, 5.74) is 4.25. The normalized spacial score (nSPS) is 12.3. The molecule has 0 spiro atoms. The average molecular weight is 510 g/mol. The van der Waals surface area contributed by atoms with Gasteiger partial charge in [-0.25, -0.2) is 4.98 Å². The molecule has 1 N–H and O–H groups in total. The molecule has 4 heterocycles. The van der Waals surface area contributed by atoms with Gasteiger partial charge in [0.2, 0.25) is 5.95 Å². The Morgan fingerprint density at radius 1 is 1.13 bits per heavy atom. The molecule has 3 aromatic heterocycles. The first-order valence-electron chi connectivity index (χ1n) is 11.6. The second-order valence-electron chi connectivity index (χ2n) is 8.34. The van der Waals surface area contributed by atoms with E-state index in [2.05, 4.69) is 30.4 Å². The summed E-state index contributed by atoms with van der Waals surface area (Å²) in [7, 11) is 3.83. The van der Waals surface area contributed by atoms with E-state index < -0.39 is 5.91 Å². The number of nitrogens with one attached hydrogen (secondary N) is 1. The number of carbonyl (C=O) groups is 1. The average Bonchev–Trinajstić information content (AvgIpc) is 3.59. The summed E-state index contributed by atoms with van der Waals surface area (Å²) in [5, 5.41) is 7.21. The van der Waals surface area contributed by atoms with Crippen molar-refractivity contribution in [3.8, 4) is 17.2 Å². The van der Waals surface area contributed by atoms with Crippen LogP contribution in [0.5, 0.6) is 11.5 Å². The Morgan fingerprint density at radius 3 is 2.61 bits per heavy atom. The van der Waals surface area contributed by atoms with E-state index in [0.29, 0.717) is 55.6 Å². The second-order valence-corrected chi connectivity index (χ2v) is 8.34. The molecule has 5 rings (SSSR count). The van der Waals surface area contributed by atoms with Crippen molar-refractivity contribution in [2.24, 2.45) is 4.99 Å². The van der Waals surface area contributed by atoms with Crippen LogP contribution in [0.15, 0.2) is 60.2 Å². The summed E-state index contributed by atoms with van der Waals surface area (Å²) in [6, 6.07) is 7.19. The van der Waals surface area contributed by atoms with Gasteiger partial charge in [-0.15, -0.1) is 0 Å². The standard InChI is InChI=1S/C25H23BN8O4/c1-37-22-7-17-13-33(14-18(17)8-23(22)38-2)25-29-6-3-19(32-25)24(35)31-20-11-27-5-4-21(20)34-12-16(10-30-34)9-28-15-26-36/h3-8,10-12,15H,9,13-14H2,1-2H3,(H,31,35). The Labute approximate surface area is 218 Å². The summed E-state index contributed by atoms with van der Waals surface area (Å²) in [6.45, 7) is 1.47. The van der Waals surface area contributed by atoms with E-state index >= 15 is 0 Å². The number of aliphatic imine (C=N–C) groups is 1. The van der Waals surface area contributed by atoms with Crippen molar-refractivity contribution in [3.63, 3.8) is 0 Å². The molecule has 1 aliphatic heterocycles. The molecule has 0 aliphatic carbocycles. The van der Waals surface area contributed by atoms with Gasteiger partial charge in [0.05, 0.1) is 14.2 Å². The van der Waals surface area contributed by atoms with E-state index in [1.165, 1.54) is 6.11 Å². The van der Waals surface area contributed by atoms with Gasteiger partial charge in [0.15, 0.2) is 11.5 Å². The van der Waals surface area contributed by atoms with Crippen LogP contribution in [0.1, 0.15) is 27.2 Å². The topological polar surface area (TPSA) is 137 Å². The van der Waals surface area contributed by atoms with Crippen molar-refractivity contribution in [2.75, 3.05) is 24.4 Å². The first-order chi connectivity index (χ1) is 18.6. The number of carbonyl (C=O) groups excluding carboxylic acids is 1. The molecule has 190 valence electrons. The molecule has 38 heavy (non-hydrogen) atoms. The molecular weight excluding hydrogens is 487 g/mol. The number of methoxy groups -OCH3 is 2. The summed E-state index contributed by atoms with van der Waals surface area (Å²) in [6.07, 6.45) is 9.31. The Morgan fingerprint density at radius 2 is 1.89 bits per heavy atom. The SMILES string of the molecule is COc1cc2c(cc1OC)CN(c1nccc(C(=O)Nc3cnccc3-n3cc(CN=CB=O)cn3)n1)C2. The number of benzene rings is 1. The number of hydrogen-bond donors (Lipinski definition) is 1. The fraction of sp³-hybridized carbons (Fsp3) is 0.200. The number of rotatable bonds is 9. The molecule has 1 aliphatic rings. The van der Waals surface area contributed by atoms with E-state index in [-0.39, 0.29) is 5.69 Å². The fourth-order valence-electron chi connectivity index (χ4n) is 4.14. The molecule has 0 saturated heterocycles. The molecule has 0 fully saturated rings. The van der Waals surface area contributed by atoms with E-state index in [9.17, 15) is 9.50 Å². The zero-order valence-electron chi connectivity index (χ0n) is 20.7. The van der Waals surface area contributed by atoms with Crippen LogP contribution in [0, 0.1) is 0 Å². The van der Waals surface area contributed by atoms with E-state index in [1.807, 2.05) is 17.0 Å². The first kappa shape index (κ1) is 24.7. The van der Waals surface area contributed by atoms with E-state index in [1.54, 1.807) is 62.0 Å². The number of aromatic nitrogens is 5. The molecule has 13 heteroatoms. The second kappa shape index (κ2) is 11.0. The van der Waals surface area contributed by atoms with Crippen LogP contribution in [0.4, 0.5) is 11.6 Å². The number of nitrogens with zero attached hydrogens (tertiary/aromatic N) is 7. The number of ether oxygens (including phenoxy) is 2. The molecule has 1 amide bonds. The van der Waals surface area contributed by atoms with Crippen molar-refractivity contribution < 1.29 is 19.0 Å². The number of fused-ring (bicyclic) bond motifs is 1. The van der Waals surface area contributed by atoms with E-state index in [0.717, 1.165) is 16.7 Å². The van der Waals surface area contributed by atoms with Crippen molar-refractivity contribution >= 4 is 30.8 Å². The molecule has 0 unspecified atom stereocenters. The summed E-state index contributed by atoms with van der Waals surface area (Å²) >= 11 is 0. The third kappa shape index (κ3) is 5.12. The van der Waals surface area contributed by atoms with Crippen LogP contribution in [0.2, 0.25) is 0 Å². The number of pyridine rings is 1. The zero-order chi connectivity index (χ0) is 26.5. The van der Waals surface area contributed by atoms with E-state index in [4.69, 9.17) is 9.47 Å². The third-order valence-corrected chi connectivity index (χ3v) is 5.96. The van der Waals surface area contributed by atoms with Crippen LogP contribution in [0.3, 0.4) is 0 Å². The van der Waals surface area contributed by atoms with Crippen molar-refractivity contribution in [3.05, 3.63) is 77.6 Å². The maximum absolute atomic E-state index is 13.2. The first-order valence-corrected chi connectivity index (χ1v) is 11.6. The Kier molecular flexibility index (Phi) is 7.16. The summed E-state index contributed by atoms with van der Waals surface area (Å²) < 4.78 is 22.9. The Hall–Kier alpha value is -4.94. The van der Waals surface area contributed by atoms with Gasteiger partial charge in [0.1, 0.15) is 0 Å². The number of anilines is 2. The quantitative estimate of drug-likeness (QED) is 0.266. The van der Waals surface area contributed by atoms with Crippen LogP contribution < -0.4 is 19.7 Å². The van der Waals surface area contributed by atoms with Crippen molar-refractivity contribution in [1.29, 1.82) is 0 Å². The monoisotopic (exact) mass is 510 g/mol. The van der Waals surface area contributed by atoms with Gasteiger partial charge in [-0.05, 0) is 23.3 Å². The third-order valence-electron chi connectivity index (χ3n) is 5.96. The number of hydrogen-bond acceptors (Lipinski definition) is 10. The van der Waals surface area contributed by atoms with Crippen LogP contribution in [0.25, 0.3) is 5.69 Å². The molecule has 12 nitrogen and oxygen atoms in total. The predicted octanol–water partition coefficient (Wildman–Crippen LogP) is 2.43. The maximum atomic E-state index is 13.2. The molecular formula is C25H23BN8O4. The van der Waals surface area contributed by atoms with Gasteiger partial charge in [-0.2, -0.15) is 0 Å². The molecule has 0 bridgehead atoms. The van der Waals surface area contributed by atoms with Gasteiger partial charge in [-0.3, -0.25) is 0 Å². The molecule has 0 radical (unpaired) electrons. The van der Waals surface area contributed by atoms with Crippen LogP contribution in [-0.4, -0.2) is 58.1 Å². The van der Waals surface area contributed by atoms with Gasteiger partial charge in [-0.1, -0.05) is 0 Å². The Balaban J connectivity index is 1.33. The van der Waals surface area contributed by atoms with Gasteiger partial charge < -0.3 is 14.4 Å². The van der Waals surface area contributed by atoms with Crippen molar-refractivity contribution in [1.82, 2.24) is 24.7 Å². The smallest absolute Gasteiger partial charge is 0.0467 e. The molecule has 0 saturated carbocycles. The zero-order valence-corrected chi connectivity index (χ0v) is 20.7. The van der Waals surface area contributed by atoms with Gasteiger partial charge in [0, 0.05) is 19.3 Å².